The molecule has 1 aromatic rings. The second-order valence-electron chi connectivity index (χ2n) is 5.72. The second-order valence-corrected chi connectivity index (χ2v) is 5.72. The lowest BCUT2D eigenvalue weighted by Gasteiger charge is -2.24. The highest BCUT2D eigenvalue weighted by molar-refractivity contribution is 5.85. The van der Waals surface area contributed by atoms with E-state index in [1.54, 1.807) is 0 Å². The van der Waals surface area contributed by atoms with Crippen LogP contribution < -0.4 is 11.1 Å². The number of nitrogens with one attached hydrogen (secondary N) is 1. The maximum absolute atomic E-state index is 12.6. The van der Waals surface area contributed by atoms with E-state index < -0.39 is 0 Å². The fraction of sp³-hybridized carbons (Fsp3) is 0.588. The Balaban J connectivity index is 0.00000400. The molecule has 0 aromatic heterocycles. The third kappa shape index (κ3) is 6.49. The van der Waals surface area contributed by atoms with E-state index in [9.17, 15) is 4.79 Å². The van der Waals surface area contributed by atoms with Gasteiger partial charge in [0.15, 0.2) is 0 Å². The molecule has 0 fully saturated rings. The molecular formula is C17H29ClN2O. The van der Waals surface area contributed by atoms with Gasteiger partial charge in [0, 0.05) is 12.6 Å². The van der Waals surface area contributed by atoms with E-state index in [2.05, 4.69) is 26.1 Å². The minimum Gasteiger partial charge on any atom is -0.352 e. The number of halogens is 1. The summed E-state index contributed by atoms with van der Waals surface area (Å²) >= 11 is 0. The van der Waals surface area contributed by atoms with Crippen molar-refractivity contribution in [3.05, 3.63) is 35.9 Å². The van der Waals surface area contributed by atoms with E-state index in [1.807, 2.05) is 30.3 Å². The lowest BCUT2D eigenvalue weighted by molar-refractivity contribution is -0.124. The molecule has 2 atom stereocenters. The summed E-state index contributed by atoms with van der Waals surface area (Å²) < 4.78 is 0. The fourth-order valence-corrected chi connectivity index (χ4v) is 2.49. The molecular weight excluding hydrogens is 284 g/mol. The zero-order valence-corrected chi connectivity index (χ0v) is 14.2. The molecule has 0 saturated carbocycles. The van der Waals surface area contributed by atoms with Crippen molar-refractivity contribution in [1.82, 2.24) is 5.32 Å². The molecule has 0 saturated heterocycles. The maximum atomic E-state index is 12.6. The van der Waals surface area contributed by atoms with Crippen LogP contribution in [0.5, 0.6) is 0 Å². The van der Waals surface area contributed by atoms with Crippen molar-refractivity contribution in [3.63, 3.8) is 0 Å². The predicted molar refractivity (Wildman–Crippen MR) is 91.8 cm³/mol. The summed E-state index contributed by atoms with van der Waals surface area (Å²) in [7, 11) is 0. The number of rotatable bonds is 8. The summed E-state index contributed by atoms with van der Waals surface area (Å²) in [6, 6.07) is 10.1. The molecule has 4 heteroatoms. The van der Waals surface area contributed by atoms with Crippen LogP contribution in [0.25, 0.3) is 0 Å². The molecule has 0 heterocycles. The Bertz CT molecular complexity index is 395. The monoisotopic (exact) mass is 312 g/mol. The number of unbranched alkanes of at least 4 members (excludes halogenated alkanes) is 1. The first kappa shape index (κ1) is 19.9. The molecule has 0 radical (unpaired) electrons. The highest BCUT2D eigenvalue weighted by Gasteiger charge is 2.25. The molecule has 0 spiro atoms. The molecule has 120 valence electrons. The smallest absolute Gasteiger partial charge is 0.228 e. The van der Waals surface area contributed by atoms with Crippen molar-refractivity contribution >= 4 is 18.3 Å². The number of carbonyl (C=O) groups excluding carboxylic acids is 1. The van der Waals surface area contributed by atoms with Gasteiger partial charge in [0.25, 0.3) is 0 Å². The SMILES string of the molecule is CCCCC(CN)NC(=O)C(c1ccccc1)C(C)C.Cl. The third-order valence-electron chi connectivity index (χ3n) is 3.64. The molecule has 1 aromatic carbocycles. The molecule has 0 aliphatic heterocycles. The number of amides is 1. The Morgan fingerprint density at radius 2 is 1.86 bits per heavy atom. The van der Waals surface area contributed by atoms with Crippen LogP contribution in [0.1, 0.15) is 51.5 Å². The van der Waals surface area contributed by atoms with Crippen molar-refractivity contribution in [2.24, 2.45) is 11.7 Å². The van der Waals surface area contributed by atoms with E-state index >= 15 is 0 Å². The molecule has 0 bridgehead atoms. The lowest BCUT2D eigenvalue weighted by atomic mass is 9.87. The van der Waals surface area contributed by atoms with Crippen molar-refractivity contribution in [3.8, 4) is 0 Å². The van der Waals surface area contributed by atoms with Crippen LogP contribution in [0.15, 0.2) is 30.3 Å². The van der Waals surface area contributed by atoms with Crippen LogP contribution >= 0.6 is 12.4 Å². The van der Waals surface area contributed by atoms with Crippen LogP contribution in [0, 0.1) is 5.92 Å². The van der Waals surface area contributed by atoms with Gasteiger partial charge in [-0.2, -0.15) is 0 Å². The van der Waals surface area contributed by atoms with Crippen molar-refractivity contribution in [2.45, 2.75) is 52.0 Å². The van der Waals surface area contributed by atoms with Crippen LogP contribution in [0.3, 0.4) is 0 Å². The number of carbonyl (C=O) groups is 1. The zero-order valence-electron chi connectivity index (χ0n) is 13.3. The molecule has 1 amide bonds. The second kappa shape index (κ2) is 10.6. The van der Waals surface area contributed by atoms with Crippen molar-refractivity contribution < 1.29 is 4.79 Å². The highest BCUT2D eigenvalue weighted by atomic mass is 35.5. The first-order valence-corrected chi connectivity index (χ1v) is 7.65. The van der Waals surface area contributed by atoms with E-state index in [4.69, 9.17) is 5.73 Å². The Morgan fingerprint density at radius 3 is 2.33 bits per heavy atom. The normalized spacial score (nSPS) is 13.4. The molecule has 3 nitrogen and oxygen atoms in total. The molecule has 2 unspecified atom stereocenters. The average Bonchev–Trinajstić information content (AvgIpc) is 2.44. The topological polar surface area (TPSA) is 55.1 Å². The Kier molecular flexibility index (Phi) is 10.1. The predicted octanol–water partition coefficient (Wildman–Crippen LogP) is 3.48. The summed E-state index contributed by atoms with van der Waals surface area (Å²) in [5.41, 5.74) is 6.84. The fourth-order valence-electron chi connectivity index (χ4n) is 2.49. The minimum atomic E-state index is -0.105. The van der Waals surface area contributed by atoms with Gasteiger partial charge in [-0.05, 0) is 17.9 Å². The first-order valence-electron chi connectivity index (χ1n) is 7.65. The first-order chi connectivity index (χ1) is 9.60. The highest BCUT2D eigenvalue weighted by Crippen LogP contribution is 2.24. The quantitative estimate of drug-likeness (QED) is 0.772. The van der Waals surface area contributed by atoms with Crippen LogP contribution in [-0.4, -0.2) is 18.5 Å². The van der Waals surface area contributed by atoms with Gasteiger partial charge in [0.05, 0.1) is 5.92 Å². The van der Waals surface area contributed by atoms with E-state index in [0.29, 0.717) is 6.54 Å². The summed E-state index contributed by atoms with van der Waals surface area (Å²) in [6.07, 6.45) is 3.18. The van der Waals surface area contributed by atoms with Gasteiger partial charge >= 0.3 is 0 Å². The molecule has 0 aliphatic rings. The summed E-state index contributed by atoms with van der Waals surface area (Å²) in [6.45, 7) is 6.82. The molecule has 3 N–H and O–H groups in total. The van der Waals surface area contributed by atoms with Crippen molar-refractivity contribution in [1.29, 1.82) is 0 Å². The third-order valence-corrected chi connectivity index (χ3v) is 3.64. The van der Waals surface area contributed by atoms with Gasteiger partial charge in [-0.3, -0.25) is 4.79 Å². The standard InChI is InChI=1S/C17H28N2O.ClH/c1-4-5-11-15(12-18)19-17(20)16(13(2)3)14-9-7-6-8-10-14;/h6-10,13,15-16H,4-5,11-12,18H2,1-3H3,(H,19,20);1H. The maximum Gasteiger partial charge on any atom is 0.228 e. The van der Waals surface area contributed by atoms with Gasteiger partial charge in [-0.15, -0.1) is 12.4 Å². The van der Waals surface area contributed by atoms with Gasteiger partial charge in [-0.25, -0.2) is 0 Å². The number of benzene rings is 1. The summed E-state index contributed by atoms with van der Waals surface area (Å²) in [5, 5.41) is 3.12. The van der Waals surface area contributed by atoms with E-state index in [0.717, 1.165) is 24.8 Å². The van der Waals surface area contributed by atoms with Gasteiger partial charge in [-0.1, -0.05) is 63.9 Å². The lowest BCUT2D eigenvalue weighted by Crippen LogP contribution is -2.43. The largest absolute Gasteiger partial charge is 0.352 e. The summed E-state index contributed by atoms with van der Waals surface area (Å²) in [4.78, 5) is 12.6. The molecule has 1 rings (SSSR count). The van der Waals surface area contributed by atoms with Crippen LogP contribution in [0.4, 0.5) is 0 Å². The molecule has 0 aliphatic carbocycles. The van der Waals surface area contributed by atoms with Gasteiger partial charge in [0.2, 0.25) is 5.91 Å². The number of nitrogens with two attached hydrogens (primary N) is 1. The minimum absolute atomic E-state index is 0. The van der Waals surface area contributed by atoms with E-state index in [-0.39, 0.29) is 36.2 Å². The Hall–Kier alpha value is -1.06. The number of hydrogen-bond acceptors (Lipinski definition) is 2. The molecule has 21 heavy (non-hydrogen) atoms. The Labute approximate surface area is 135 Å². The van der Waals surface area contributed by atoms with Crippen LogP contribution in [-0.2, 0) is 4.79 Å². The zero-order chi connectivity index (χ0) is 15.0. The van der Waals surface area contributed by atoms with Gasteiger partial charge in [0.1, 0.15) is 0 Å². The summed E-state index contributed by atoms with van der Waals surface area (Å²) in [5.74, 6) is 0.256. The average molecular weight is 313 g/mol. The van der Waals surface area contributed by atoms with E-state index in [1.165, 1.54) is 0 Å². The van der Waals surface area contributed by atoms with Gasteiger partial charge < -0.3 is 11.1 Å². The van der Waals surface area contributed by atoms with Crippen molar-refractivity contribution in [2.75, 3.05) is 6.54 Å². The van der Waals surface area contributed by atoms with Crippen LogP contribution in [0.2, 0.25) is 0 Å². The number of hydrogen-bond donors (Lipinski definition) is 2. The Morgan fingerprint density at radius 1 is 1.24 bits per heavy atom.